The Hall–Kier alpha value is -0.560. The van der Waals surface area contributed by atoms with Gasteiger partial charge >= 0.3 is 0 Å². The summed E-state index contributed by atoms with van der Waals surface area (Å²) in [6, 6.07) is 2.92. The minimum absolute atomic E-state index is 0.297. The molecule has 0 radical (unpaired) electrons. The molecule has 0 bridgehead atoms. The first-order valence-corrected chi connectivity index (χ1v) is 4.66. The van der Waals surface area contributed by atoms with Crippen molar-refractivity contribution in [1.29, 1.82) is 0 Å². The van der Waals surface area contributed by atoms with Gasteiger partial charge in [0, 0.05) is 13.1 Å². The second kappa shape index (κ2) is 4.10. The summed E-state index contributed by atoms with van der Waals surface area (Å²) < 4.78 is 13.6. The number of benzene rings is 1. The van der Waals surface area contributed by atoms with E-state index in [1.807, 2.05) is 22.6 Å². The monoisotopic (exact) mass is 296 g/mol. The predicted molar refractivity (Wildman–Crippen MR) is 58.9 cm³/mol. The molecule has 0 fully saturated rings. The van der Waals surface area contributed by atoms with Crippen molar-refractivity contribution in [3.8, 4) is 0 Å². The predicted octanol–water partition coefficient (Wildman–Crippen LogP) is 2.01. The average molecular weight is 296 g/mol. The summed E-state index contributed by atoms with van der Waals surface area (Å²) in [5.41, 5.74) is 6.70. The Balaban J connectivity index is 3.15. The van der Waals surface area contributed by atoms with Gasteiger partial charge in [-0.15, -0.1) is 0 Å². The van der Waals surface area contributed by atoms with E-state index in [-0.39, 0.29) is 5.82 Å². The molecule has 0 spiro atoms. The Kier molecular flexibility index (Phi) is 3.32. The number of nitrogen functional groups attached to an aromatic ring is 1. The summed E-state index contributed by atoms with van der Waals surface area (Å²) in [6.45, 7) is 0. The minimum atomic E-state index is -0.297. The first kappa shape index (κ1) is 10.5. The Morgan fingerprint density at radius 1 is 1.54 bits per heavy atom. The lowest BCUT2D eigenvalue weighted by Crippen LogP contribution is -2.16. The van der Waals surface area contributed by atoms with Crippen LogP contribution in [-0.2, 0) is 4.84 Å². The van der Waals surface area contributed by atoms with Crippen molar-refractivity contribution >= 4 is 34.0 Å². The van der Waals surface area contributed by atoms with Gasteiger partial charge in [-0.3, -0.25) is 9.90 Å². The Bertz CT molecular complexity index is 319. The summed E-state index contributed by atoms with van der Waals surface area (Å²) in [5, 5.41) is 1.41. The van der Waals surface area contributed by atoms with E-state index in [9.17, 15) is 4.39 Å². The quantitative estimate of drug-likeness (QED) is 0.515. The van der Waals surface area contributed by atoms with E-state index in [1.165, 1.54) is 18.2 Å². The van der Waals surface area contributed by atoms with Gasteiger partial charge in [0.15, 0.2) is 0 Å². The molecule has 0 aliphatic heterocycles. The number of anilines is 2. The number of nitrogens with zero attached hydrogens (tertiary/aromatic N) is 1. The van der Waals surface area contributed by atoms with Crippen LogP contribution in [0, 0.1) is 9.39 Å². The molecule has 0 atom stereocenters. The summed E-state index contributed by atoms with van der Waals surface area (Å²) >= 11 is 1.89. The largest absolute Gasteiger partial charge is 0.397 e. The van der Waals surface area contributed by atoms with Gasteiger partial charge in [-0.1, -0.05) is 0 Å². The maximum absolute atomic E-state index is 13.1. The first-order valence-electron chi connectivity index (χ1n) is 3.58. The molecule has 0 saturated heterocycles. The van der Waals surface area contributed by atoms with E-state index in [4.69, 9.17) is 10.6 Å². The van der Waals surface area contributed by atoms with Gasteiger partial charge in [-0.25, -0.2) is 4.39 Å². The van der Waals surface area contributed by atoms with Gasteiger partial charge in [-0.05, 0) is 28.7 Å². The highest BCUT2D eigenvalue weighted by Gasteiger charge is 2.09. The molecule has 72 valence electrons. The van der Waals surface area contributed by atoms with E-state index < -0.39 is 0 Å². The molecule has 0 aliphatic rings. The van der Waals surface area contributed by atoms with Gasteiger partial charge in [0.1, 0.15) is 5.82 Å². The zero-order valence-electron chi connectivity index (χ0n) is 7.34. The highest BCUT2D eigenvalue weighted by atomic mass is 127. The van der Waals surface area contributed by atoms with Crippen LogP contribution in [0.25, 0.3) is 0 Å². The van der Waals surface area contributed by atoms with Crippen LogP contribution in [0.5, 0.6) is 0 Å². The minimum Gasteiger partial charge on any atom is -0.397 e. The van der Waals surface area contributed by atoms with E-state index in [1.54, 1.807) is 13.1 Å². The topological polar surface area (TPSA) is 38.5 Å². The van der Waals surface area contributed by atoms with E-state index >= 15 is 0 Å². The second-order valence-corrected chi connectivity index (χ2v) is 3.67. The third-order valence-corrected chi connectivity index (χ3v) is 2.51. The summed E-state index contributed by atoms with van der Waals surface area (Å²) in [6.07, 6.45) is 0. The van der Waals surface area contributed by atoms with Gasteiger partial charge in [0.25, 0.3) is 0 Å². The van der Waals surface area contributed by atoms with Crippen LogP contribution >= 0.6 is 22.6 Å². The van der Waals surface area contributed by atoms with E-state index in [0.29, 0.717) is 14.9 Å². The van der Waals surface area contributed by atoms with E-state index in [2.05, 4.69) is 0 Å². The molecule has 1 rings (SSSR count). The zero-order valence-corrected chi connectivity index (χ0v) is 9.50. The van der Waals surface area contributed by atoms with Gasteiger partial charge in [0.2, 0.25) is 0 Å². The fourth-order valence-electron chi connectivity index (χ4n) is 0.923. The molecule has 0 saturated carbocycles. The molecule has 1 aromatic rings. The number of nitrogens with two attached hydrogens (primary N) is 1. The molecule has 1 aromatic carbocycles. The molecule has 0 aromatic heterocycles. The Morgan fingerprint density at radius 2 is 2.15 bits per heavy atom. The maximum Gasteiger partial charge on any atom is 0.138 e. The number of hydrogen-bond acceptors (Lipinski definition) is 3. The summed E-state index contributed by atoms with van der Waals surface area (Å²) in [7, 11) is 3.16. The normalized spacial score (nSPS) is 10.2. The van der Waals surface area contributed by atoms with Crippen LogP contribution in [0.2, 0.25) is 0 Å². The Morgan fingerprint density at radius 3 is 2.69 bits per heavy atom. The molecule has 0 unspecified atom stereocenters. The molecular formula is C8H10FIN2O. The molecule has 13 heavy (non-hydrogen) atoms. The van der Waals surface area contributed by atoms with Crippen LogP contribution < -0.4 is 10.8 Å². The highest BCUT2D eigenvalue weighted by Crippen LogP contribution is 2.26. The van der Waals surface area contributed by atoms with Gasteiger partial charge < -0.3 is 5.73 Å². The van der Waals surface area contributed by atoms with Crippen molar-refractivity contribution in [3.05, 3.63) is 21.5 Å². The van der Waals surface area contributed by atoms with Crippen molar-refractivity contribution in [2.75, 3.05) is 25.0 Å². The number of hydroxylamine groups is 1. The summed E-state index contributed by atoms with van der Waals surface area (Å²) in [5.74, 6) is -0.297. The average Bonchev–Trinajstić information content (AvgIpc) is 2.10. The van der Waals surface area contributed by atoms with Crippen molar-refractivity contribution in [2.24, 2.45) is 0 Å². The molecule has 5 heteroatoms. The van der Waals surface area contributed by atoms with Gasteiger partial charge in [0.05, 0.1) is 22.1 Å². The first-order chi connectivity index (χ1) is 6.06. The lowest BCUT2D eigenvalue weighted by molar-refractivity contribution is 0.185. The molecule has 0 heterocycles. The lowest BCUT2D eigenvalue weighted by atomic mass is 10.2. The fraction of sp³-hybridized carbons (Fsp3) is 0.250. The molecule has 0 amide bonds. The van der Waals surface area contributed by atoms with Crippen LogP contribution in [0.1, 0.15) is 0 Å². The van der Waals surface area contributed by atoms with Gasteiger partial charge in [-0.2, -0.15) is 0 Å². The SMILES string of the molecule is CON(C)c1cc(F)c(I)cc1N. The molecule has 3 nitrogen and oxygen atoms in total. The highest BCUT2D eigenvalue weighted by molar-refractivity contribution is 14.1. The second-order valence-electron chi connectivity index (χ2n) is 2.51. The van der Waals surface area contributed by atoms with Crippen LogP contribution in [0.15, 0.2) is 12.1 Å². The van der Waals surface area contributed by atoms with Crippen LogP contribution in [-0.4, -0.2) is 14.2 Å². The smallest absolute Gasteiger partial charge is 0.138 e. The van der Waals surface area contributed by atoms with Crippen LogP contribution in [0.4, 0.5) is 15.8 Å². The lowest BCUT2D eigenvalue weighted by Gasteiger charge is -2.18. The standard InChI is InChI=1S/C8H10FIN2O/c1-12(13-2)8-3-5(9)6(10)4-7(8)11/h3-4H,11H2,1-2H3. The van der Waals surface area contributed by atoms with Crippen LogP contribution in [0.3, 0.4) is 0 Å². The van der Waals surface area contributed by atoms with Crippen molar-refractivity contribution in [3.63, 3.8) is 0 Å². The number of rotatable bonds is 2. The fourth-order valence-corrected chi connectivity index (χ4v) is 1.41. The van der Waals surface area contributed by atoms with E-state index in [0.717, 1.165) is 0 Å². The van der Waals surface area contributed by atoms with Crippen molar-refractivity contribution < 1.29 is 9.23 Å². The third kappa shape index (κ3) is 2.22. The van der Waals surface area contributed by atoms with Crippen molar-refractivity contribution in [2.45, 2.75) is 0 Å². The zero-order chi connectivity index (χ0) is 10.0. The molecule has 2 N–H and O–H groups in total. The third-order valence-electron chi connectivity index (χ3n) is 1.68. The molecular weight excluding hydrogens is 286 g/mol. The maximum atomic E-state index is 13.1. The number of halogens is 2. The molecule has 0 aliphatic carbocycles. The number of hydrogen-bond donors (Lipinski definition) is 1. The summed E-state index contributed by atoms with van der Waals surface area (Å²) in [4.78, 5) is 4.90. The van der Waals surface area contributed by atoms with Crippen molar-refractivity contribution in [1.82, 2.24) is 0 Å². The Labute approximate surface area is 89.8 Å².